The van der Waals surface area contributed by atoms with Gasteiger partial charge in [-0.15, -0.1) is 0 Å². The van der Waals surface area contributed by atoms with Gasteiger partial charge in [-0.3, -0.25) is 4.79 Å². The lowest BCUT2D eigenvalue weighted by Crippen LogP contribution is -2.04. The average molecular weight is 333 g/mol. The Hall–Kier alpha value is -2.56. The number of carbonyl (C=O) groups excluding carboxylic acids is 1. The fourth-order valence-electron chi connectivity index (χ4n) is 2.10. The molecular formula is C19H18F3NO. The SMILES string of the molecule is CC(C)c1ccc(C(=O)/C=C/Nc2ccc(C(F)(F)F)cc2)cc1. The van der Waals surface area contributed by atoms with Crippen LogP contribution in [0.1, 0.15) is 41.3 Å². The molecule has 0 saturated carbocycles. The van der Waals surface area contributed by atoms with Gasteiger partial charge in [0.15, 0.2) is 5.78 Å². The molecule has 126 valence electrons. The van der Waals surface area contributed by atoms with Crippen LogP contribution in [0.2, 0.25) is 0 Å². The number of carbonyl (C=O) groups is 1. The number of alkyl halides is 3. The van der Waals surface area contributed by atoms with E-state index in [-0.39, 0.29) is 5.78 Å². The van der Waals surface area contributed by atoms with Crippen LogP contribution in [0.3, 0.4) is 0 Å². The van der Waals surface area contributed by atoms with E-state index in [1.807, 2.05) is 12.1 Å². The van der Waals surface area contributed by atoms with Crippen molar-refractivity contribution in [3.63, 3.8) is 0 Å². The van der Waals surface area contributed by atoms with Crippen LogP contribution in [-0.2, 0) is 6.18 Å². The number of ketones is 1. The third-order valence-electron chi connectivity index (χ3n) is 3.56. The highest BCUT2D eigenvalue weighted by atomic mass is 19.4. The second-order valence-corrected chi connectivity index (χ2v) is 5.69. The van der Waals surface area contributed by atoms with Gasteiger partial charge in [-0.1, -0.05) is 38.1 Å². The number of anilines is 1. The normalized spacial score (nSPS) is 11.9. The Labute approximate surface area is 139 Å². The summed E-state index contributed by atoms with van der Waals surface area (Å²) in [5.74, 6) is 0.218. The van der Waals surface area contributed by atoms with E-state index in [9.17, 15) is 18.0 Å². The smallest absolute Gasteiger partial charge is 0.362 e. The van der Waals surface area contributed by atoms with E-state index < -0.39 is 11.7 Å². The third-order valence-corrected chi connectivity index (χ3v) is 3.56. The molecule has 0 unspecified atom stereocenters. The van der Waals surface area contributed by atoms with Crippen LogP contribution >= 0.6 is 0 Å². The number of allylic oxidation sites excluding steroid dienone is 1. The van der Waals surface area contributed by atoms with Gasteiger partial charge in [-0.25, -0.2) is 0 Å². The van der Waals surface area contributed by atoms with Gasteiger partial charge in [0.1, 0.15) is 0 Å². The van der Waals surface area contributed by atoms with E-state index in [4.69, 9.17) is 0 Å². The highest BCUT2D eigenvalue weighted by Crippen LogP contribution is 2.29. The first-order valence-electron chi connectivity index (χ1n) is 7.52. The lowest BCUT2D eigenvalue weighted by atomic mass is 10.0. The molecule has 0 amide bonds. The van der Waals surface area contributed by atoms with E-state index in [1.165, 1.54) is 24.4 Å². The van der Waals surface area contributed by atoms with E-state index in [0.29, 0.717) is 17.2 Å². The summed E-state index contributed by atoms with van der Waals surface area (Å²) in [6.07, 6.45) is -1.59. The second kappa shape index (κ2) is 7.34. The van der Waals surface area contributed by atoms with Gasteiger partial charge in [0.2, 0.25) is 0 Å². The van der Waals surface area contributed by atoms with Crippen LogP contribution in [0.5, 0.6) is 0 Å². The number of halogens is 3. The van der Waals surface area contributed by atoms with Crippen LogP contribution in [0.15, 0.2) is 60.8 Å². The number of hydrogen-bond donors (Lipinski definition) is 1. The van der Waals surface area contributed by atoms with Crippen LogP contribution < -0.4 is 5.32 Å². The van der Waals surface area contributed by atoms with Crippen molar-refractivity contribution >= 4 is 11.5 Å². The minimum absolute atomic E-state index is 0.176. The molecule has 0 aliphatic rings. The minimum Gasteiger partial charge on any atom is -0.362 e. The molecule has 0 spiro atoms. The summed E-state index contributed by atoms with van der Waals surface area (Å²) in [5.41, 5.74) is 1.48. The van der Waals surface area contributed by atoms with E-state index >= 15 is 0 Å². The quantitative estimate of drug-likeness (QED) is 0.567. The molecule has 0 aliphatic heterocycles. The van der Waals surface area contributed by atoms with Crippen LogP contribution in [0, 0.1) is 0 Å². The van der Waals surface area contributed by atoms with E-state index in [0.717, 1.165) is 17.7 Å². The first-order valence-corrected chi connectivity index (χ1v) is 7.52. The Kier molecular flexibility index (Phi) is 5.44. The van der Waals surface area contributed by atoms with E-state index in [2.05, 4.69) is 19.2 Å². The molecule has 2 aromatic carbocycles. The lowest BCUT2D eigenvalue weighted by molar-refractivity contribution is -0.137. The van der Waals surface area contributed by atoms with Gasteiger partial charge in [-0.2, -0.15) is 13.2 Å². The summed E-state index contributed by atoms with van der Waals surface area (Å²) in [4.78, 5) is 12.0. The molecular weight excluding hydrogens is 315 g/mol. The first kappa shape index (κ1) is 17.8. The average Bonchev–Trinajstić information content (AvgIpc) is 2.54. The Morgan fingerprint density at radius 2 is 1.58 bits per heavy atom. The maximum Gasteiger partial charge on any atom is 0.416 e. The Balaban J connectivity index is 1.97. The predicted octanol–water partition coefficient (Wildman–Crippen LogP) is 5.64. The molecule has 0 atom stereocenters. The fourth-order valence-corrected chi connectivity index (χ4v) is 2.10. The maximum atomic E-state index is 12.5. The summed E-state index contributed by atoms with van der Waals surface area (Å²) in [6, 6.07) is 12.0. The van der Waals surface area contributed by atoms with Gasteiger partial charge in [0.25, 0.3) is 0 Å². The molecule has 0 heterocycles. The van der Waals surface area contributed by atoms with Crippen LogP contribution in [-0.4, -0.2) is 5.78 Å². The van der Waals surface area contributed by atoms with Gasteiger partial charge >= 0.3 is 6.18 Å². The van der Waals surface area contributed by atoms with Gasteiger partial charge in [0, 0.05) is 23.5 Å². The summed E-state index contributed by atoms with van der Waals surface area (Å²) < 4.78 is 37.4. The van der Waals surface area contributed by atoms with Crippen LogP contribution in [0.4, 0.5) is 18.9 Å². The zero-order valence-electron chi connectivity index (χ0n) is 13.4. The van der Waals surface area contributed by atoms with Crippen molar-refractivity contribution in [2.24, 2.45) is 0 Å². The minimum atomic E-state index is -4.35. The van der Waals surface area contributed by atoms with Crippen LogP contribution in [0.25, 0.3) is 0 Å². The molecule has 2 aromatic rings. The molecule has 0 saturated heterocycles. The number of hydrogen-bond acceptors (Lipinski definition) is 2. The molecule has 0 fully saturated rings. The molecule has 0 aliphatic carbocycles. The van der Waals surface area contributed by atoms with Crippen molar-refractivity contribution in [3.8, 4) is 0 Å². The molecule has 0 aromatic heterocycles. The highest BCUT2D eigenvalue weighted by Gasteiger charge is 2.29. The largest absolute Gasteiger partial charge is 0.416 e. The summed E-state index contributed by atoms with van der Waals surface area (Å²) in [5, 5.41) is 2.78. The Morgan fingerprint density at radius 3 is 2.08 bits per heavy atom. The summed E-state index contributed by atoms with van der Waals surface area (Å²) >= 11 is 0. The molecule has 0 radical (unpaired) electrons. The second-order valence-electron chi connectivity index (χ2n) is 5.69. The zero-order valence-corrected chi connectivity index (χ0v) is 13.4. The molecule has 0 bridgehead atoms. The zero-order chi connectivity index (χ0) is 17.7. The number of nitrogens with one attached hydrogen (secondary N) is 1. The van der Waals surface area contributed by atoms with E-state index in [1.54, 1.807) is 12.1 Å². The molecule has 2 rings (SSSR count). The van der Waals surface area contributed by atoms with Crippen molar-refractivity contribution in [1.82, 2.24) is 0 Å². The molecule has 1 N–H and O–H groups in total. The summed E-state index contributed by atoms with van der Waals surface area (Å²) in [7, 11) is 0. The maximum absolute atomic E-state index is 12.5. The van der Waals surface area contributed by atoms with Crippen molar-refractivity contribution in [2.45, 2.75) is 25.9 Å². The molecule has 5 heteroatoms. The Bertz CT molecular complexity index is 714. The molecule has 24 heavy (non-hydrogen) atoms. The fraction of sp³-hybridized carbons (Fsp3) is 0.211. The van der Waals surface area contributed by atoms with Crippen molar-refractivity contribution in [1.29, 1.82) is 0 Å². The standard InChI is InChI=1S/C19H18F3NO/c1-13(2)14-3-5-15(6-4-14)18(24)11-12-23-17-9-7-16(8-10-17)19(20,21)22/h3-13,23H,1-2H3/b12-11+. The topological polar surface area (TPSA) is 29.1 Å². The Morgan fingerprint density at radius 1 is 1.00 bits per heavy atom. The first-order chi connectivity index (χ1) is 11.3. The van der Waals surface area contributed by atoms with Crippen molar-refractivity contribution in [2.75, 3.05) is 5.32 Å². The highest BCUT2D eigenvalue weighted by molar-refractivity contribution is 6.04. The summed E-state index contributed by atoms with van der Waals surface area (Å²) in [6.45, 7) is 4.15. The predicted molar refractivity (Wildman–Crippen MR) is 89.1 cm³/mol. The number of rotatable bonds is 5. The molecule has 2 nitrogen and oxygen atoms in total. The van der Waals surface area contributed by atoms with Gasteiger partial charge < -0.3 is 5.32 Å². The monoisotopic (exact) mass is 333 g/mol. The van der Waals surface area contributed by atoms with Gasteiger partial charge in [0.05, 0.1) is 5.56 Å². The number of benzene rings is 2. The van der Waals surface area contributed by atoms with Crippen molar-refractivity contribution in [3.05, 3.63) is 77.5 Å². The van der Waals surface area contributed by atoms with Crippen molar-refractivity contribution < 1.29 is 18.0 Å². The third kappa shape index (κ3) is 4.72. The lowest BCUT2D eigenvalue weighted by Gasteiger charge is -2.07. The van der Waals surface area contributed by atoms with Gasteiger partial charge in [-0.05, 0) is 35.7 Å².